The lowest BCUT2D eigenvalue weighted by atomic mass is 9.99. The number of halogens is 2. The highest BCUT2D eigenvalue weighted by atomic mass is 35.5. The zero-order chi connectivity index (χ0) is 53.7. The van der Waals surface area contributed by atoms with Gasteiger partial charge in [-0.2, -0.15) is 10.1 Å². The summed E-state index contributed by atoms with van der Waals surface area (Å²) in [7, 11) is 0.797. The number of anilines is 6. The molecule has 77 heavy (non-hydrogen) atoms. The molecule has 21 heteroatoms. The van der Waals surface area contributed by atoms with Gasteiger partial charge < -0.3 is 34.6 Å². The molecule has 18 nitrogen and oxygen atoms in total. The molecule has 4 amide bonds. The van der Waals surface area contributed by atoms with Crippen LogP contribution < -0.4 is 35.8 Å². The summed E-state index contributed by atoms with van der Waals surface area (Å²) in [5, 5.41) is 14.4. The van der Waals surface area contributed by atoms with Crippen molar-refractivity contribution in [2.45, 2.75) is 44.2 Å². The number of methoxy groups -OCH3 is 1. The Morgan fingerprint density at radius 1 is 0.779 bits per heavy atom. The molecule has 0 aliphatic carbocycles. The molecule has 0 bridgehead atoms. The van der Waals surface area contributed by atoms with Crippen molar-refractivity contribution in [3.8, 4) is 28.0 Å². The van der Waals surface area contributed by atoms with Crippen molar-refractivity contribution in [1.29, 1.82) is 0 Å². The minimum atomic E-state index is -2.75. The van der Waals surface area contributed by atoms with Gasteiger partial charge in [-0.25, -0.2) is 9.37 Å². The average Bonchev–Trinajstić information content (AvgIpc) is 4.20. The molecule has 400 valence electrons. The number of hydrogen-bond donors (Lipinski definition) is 3. The quantitative estimate of drug-likeness (QED) is 0.0714. The maximum Gasteiger partial charge on any atom is 0.262 e. The molecule has 0 saturated carbocycles. The second-order valence-corrected chi connectivity index (χ2v) is 24.6. The largest absolute Gasteiger partial charge is 0.494 e. The first-order valence-electron chi connectivity index (χ1n) is 26.1. The zero-order valence-electron chi connectivity index (χ0n) is 43.5. The van der Waals surface area contributed by atoms with E-state index in [4.69, 9.17) is 21.3 Å². The molecule has 0 radical (unpaired) electrons. The summed E-state index contributed by atoms with van der Waals surface area (Å²) in [6.07, 6.45) is 8.42. The van der Waals surface area contributed by atoms with Gasteiger partial charge in [0.05, 0.1) is 47.7 Å². The molecule has 4 saturated heterocycles. The number of aryl methyl sites for hydroxylation is 1. The second-order valence-electron chi connectivity index (χ2n) is 21.0. The number of piperidine rings is 2. The summed E-state index contributed by atoms with van der Waals surface area (Å²) >= 11 is 6.71. The monoisotopic (exact) mass is 1080 g/mol. The molecule has 5 aliphatic rings. The van der Waals surface area contributed by atoms with Crippen molar-refractivity contribution >= 4 is 82.2 Å². The number of imide groups is 2. The molecule has 7 heterocycles. The Balaban J connectivity index is 0.717. The topological polar surface area (TPSA) is 190 Å². The third kappa shape index (κ3) is 10.7. The number of amides is 4. The van der Waals surface area contributed by atoms with Crippen LogP contribution in [-0.2, 0) is 21.2 Å². The van der Waals surface area contributed by atoms with E-state index < -0.39 is 42.6 Å². The minimum Gasteiger partial charge on any atom is -0.494 e. The number of nitrogens with one attached hydrogen (secondary N) is 3. The van der Waals surface area contributed by atoms with Crippen molar-refractivity contribution < 1.29 is 32.9 Å². The van der Waals surface area contributed by atoms with Gasteiger partial charge in [0.2, 0.25) is 17.8 Å². The minimum absolute atomic E-state index is 0.0148. The lowest BCUT2D eigenvalue weighted by molar-refractivity contribution is -0.136. The van der Waals surface area contributed by atoms with E-state index in [1.54, 1.807) is 25.1 Å². The van der Waals surface area contributed by atoms with Crippen LogP contribution in [-0.4, -0.2) is 150 Å². The highest BCUT2D eigenvalue weighted by Gasteiger charge is 2.46. The van der Waals surface area contributed by atoms with Gasteiger partial charge in [0.15, 0.2) is 5.82 Å². The maximum atomic E-state index is 15.7. The van der Waals surface area contributed by atoms with Crippen LogP contribution in [0.3, 0.4) is 0 Å². The Morgan fingerprint density at radius 2 is 1.53 bits per heavy atom. The normalized spacial score (nSPS) is 19.7. The van der Waals surface area contributed by atoms with Gasteiger partial charge in [-0.3, -0.25) is 39.0 Å². The van der Waals surface area contributed by atoms with E-state index in [0.717, 1.165) is 104 Å². The summed E-state index contributed by atoms with van der Waals surface area (Å²) in [4.78, 5) is 70.7. The van der Waals surface area contributed by atoms with Gasteiger partial charge in [-0.05, 0) is 99.5 Å². The highest BCUT2D eigenvalue weighted by molar-refractivity contribution is 7.70. The molecule has 2 aromatic heterocycles. The van der Waals surface area contributed by atoms with Crippen LogP contribution >= 0.6 is 18.7 Å². The molecule has 3 N–H and O–H groups in total. The number of benzene rings is 4. The van der Waals surface area contributed by atoms with Gasteiger partial charge in [-0.1, -0.05) is 48.0 Å². The Labute approximate surface area is 451 Å². The lowest BCUT2D eigenvalue weighted by Gasteiger charge is -2.44. The van der Waals surface area contributed by atoms with Gasteiger partial charge in [-0.15, -0.1) is 0 Å². The lowest BCUT2D eigenvalue weighted by Crippen LogP contribution is -2.54. The van der Waals surface area contributed by atoms with E-state index in [9.17, 15) is 23.7 Å². The van der Waals surface area contributed by atoms with Gasteiger partial charge in [0.25, 0.3) is 11.8 Å². The summed E-state index contributed by atoms with van der Waals surface area (Å²) in [5.74, 6) is -1.52. The summed E-state index contributed by atoms with van der Waals surface area (Å²) in [6.45, 7) is 11.0. The number of piperazine rings is 1. The van der Waals surface area contributed by atoms with Crippen LogP contribution in [0.25, 0.3) is 22.3 Å². The van der Waals surface area contributed by atoms with Crippen molar-refractivity contribution in [3.63, 3.8) is 0 Å². The Bertz CT molecular complexity index is 3340. The molecule has 2 atom stereocenters. The van der Waals surface area contributed by atoms with Gasteiger partial charge >= 0.3 is 0 Å². The van der Waals surface area contributed by atoms with E-state index in [-0.39, 0.29) is 35.6 Å². The maximum absolute atomic E-state index is 15.7. The zero-order valence-corrected chi connectivity index (χ0v) is 45.1. The SMILES string of the molecule is COc1cc(N2CCN(C3CCN(CC4CCN(c5cc6c(cc5F)C(=O)N(C5CCC(=O)NC5=O)C6=O)C4)CC3)CC2)c(-c2cnn(C)c2)cc1Nc1ncc(Cl)c(Nc2ccc(-c3ccccc3)cc2P(C)(C)=O)n1. The number of carbonyl (C=O) groups excluding carboxylic acids is 4. The van der Waals surface area contributed by atoms with E-state index in [0.29, 0.717) is 58.3 Å². The fourth-order valence-corrected chi connectivity index (χ4v) is 12.9. The van der Waals surface area contributed by atoms with Crippen molar-refractivity contribution in [2.24, 2.45) is 13.0 Å². The van der Waals surface area contributed by atoms with E-state index in [1.165, 1.54) is 12.3 Å². The number of nitrogens with zero attached hydrogens (tertiary/aromatic N) is 9. The molecule has 11 rings (SSSR count). The first-order valence-corrected chi connectivity index (χ1v) is 29.1. The van der Waals surface area contributed by atoms with Crippen LogP contribution in [0, 0.1) is 11.7 Å². The highest BCUT2D eigenvalue weighted by Crippen LogP contribution is 2.43. The molecule has 6 aromatic rings. The van der Waals surface area contributed by atoms with Crippen LogP contribution in [0.15, 0.2) is 91.4 Å². The van der Waals surface area contributed by atoms with Gasteiger partial charge in [0, 0.05) is 99.7 Å². The third-order valence-electron chi connectivity index (χ3n) is 15.6. The molecule has 2 unspecified atom stereocenters. The first-order chi connectivity index (χ1) is 37.1. The number of carbonyl (C=O) groups is 4. The predicted molar refractivity (Wildman–Crippen MR) is 296 cm³/mol. The van der Waals surface area contributed by atoms with Crippen molar-refractivity contribution in [2.75, 3.05) is 99.8 Å². The smallest absolute Gasteiger partial charge is 0.262 e. The molecular weight excluding hydrogens is 1020 g/mol. The van der Waals surface area contributed by atoms with Crippen LogP contribution in [0.1, 0.15) is 52.8 Å². The van der Waals surface area contributed by atoms with Gasteiger partial charge in [0.1, 0.15) is 29.8 Å². The van der Waals surface area contributed by atoms with E-state index >= 15 is 4.39 Å². The predicted octanol–water partition coefficient (Wildman–Crippen LogP) is 7.59. The molecular formula is C56H61ClFN12O6P. The number of hydrogen-bond acceptors (Lipinski definition) is 15. The molecule has 5 aliphatic heterocycles. The molecule has 0 spiro atoms. The number of fused-ring (bicyclic) bond motifs is 1. The van der Waals surface area contributed by atoms with Crippen LogP contribution in [0.2, 0.25) is 5.02 Å². The summed E-state index contributed by atoms with van der Waals surface area (Å²) in [5.41, 5.74) is 6.55. The Kier molecular flexibility index (Phi) is 14.4. The van der Waals surface area contributed by atoms with Crippen LogP contribution in [0.5, 0.6) is 5.75 Å². The van der Waals surface area contributed by atoms with Crippen molar-refractivity contribution in [1.82, 2.24) is 39.8 Å². The standard InChI is InChI=1S/C56H61ClFN12O6P/c1-65-33-37(29-60-65)39-26-45(62-56-59-30-42(57)52(64-56)61-44-11-10-36(24-50(44)77(3,4)75)35-8-6-5-7-9-35)49(76-2)28-47(39)68-22-20-67(21-23-68)38-15-17-66(18-16-38)31-34-14-19-69(32-34)48-27-41-40(25-43(48)58)54(73)70(55(41)74)46-12-13-51(71)63-53(46)72/h5-11,24-30,33-34,38,46H,12-23,31-32H2,1-4H3,(H,63,71,72)(H2,59,61,62,64). The first kappa shape index (κ1) is 51.9. The number of rotatable bonds is 14. The Morgan fingerprint density at radius 3 is 2.23 bits per heavy atom. The summed E-state index contributed by atoms with van der Waals surface area (Å²) < 4.78 is 37.2. The van der Waals surface area contributed by atoms with Crippen molar-refractivity contribution in [3.05, 3.63) is 113 Å². The van der Waals surface area contributed by atoms with E-state index in [2.05, 4.69) is 52.9 Å². The number of aromatic nitrogens is 4. The third-order valence-corrected chi connectivity index (χ3v) is 17.4. The van der Waals surface area contributed by atoms with Crippen LogP contribution in [0.4, 0.5) is 38.9 Å². The summed E-state index contributed by atoms with van der Waals surface area (Å²) in [6, 6.07) is 21.9. The fourth-order valence-electron chi connectivity index (χ4n) is 11.6. The van der Waals surface area contributed by atoms with E-state index in [1.807, 2.05) is 72.9 Å². The molecule has 4 fully saturated rings. The Hall–Kier alpha value is -7.18. The number of ether oxygens (including phenoxy) is 1. The fraction of sp³-hybridized carbons (Fsp3) is 0.375. The number of likely N-dealkylation sites (tertiary alicyclic amines) is 1. The molecule has 4 aromatic carbocycles. The average molecular weight is 1080 g/mol. The second kappa shape index (κ2) is 21.3.